The Labute approximate surface area is 144 Å². The fraction of sp³-hybridized carbons (Fsp3) is 0.938. The molecular formula is C16H30O7Si. The van der Waals surface area contributed by atoms with E-state index in [-0.39, 0.29) is 11.6 Å². The van der Waals surface area contributed by atoms with Gasteiger partial charge in [-0.1, -0.05) is 20.8 Å². The van der Waals surface area contributed by atoms with Gasteiger partial charge in [0.05, 0.1) is 6.61 Å². The minimum Gasteiger partial charge on any atom is -0.479 e. The lowest BCUT2D eigenvalue weighted by Gasteiger charge is -2.40. The van der Waals surface area contributed by atoms with Gasteiger partial charge in [-0.25, -0.2) is 4.79 Å². The summed E-state index contributed by atoms with van der Waals surface area (Å²) in [7, 11) is -0.699. The van der Waals surface area contributed by atoms with Gasteiger partial charge < -0.3 is 28.5 Å². The molecule has 0 amide bonds. The highest BCUT2D eigenvalue weighted by molar-refractivity contribution is 6.74. The molecule has 2 saturated heterocycles. The van der Waals surface area contributed by atoms with Crippen LogP contribution in [0.1, 0.15) is 34.6 Å². The van der Waals surface area contributed by atoms with Crippen molar-refractivity contribution in [3.05, 3.63) is 0 Å². The second-order valence-electron chi connectivity index (χ2n) is 8.49. The molecule has 0 aromatic heterocycles. The largest absolute Gasteiger partial charge is 0.479 e. The number of methoxy groups -OCH3 is 1. The molecule has 8 heteroatoms. The summed E-state index contributed by atoms with van der Waals surface area (Å²) in [6, 6.07) is 0. The van der Waals surface area contributed by atoms with Crippen LogP contribution in [0.3, 0.4) is 0 Å². The molecule has 2 rings (SSSR count). The number of hydrogen-bond acceptors (Lipinski definition) is 6. The van der Waals surface area contributed by atoms with Gasteiger partial charge in [0.15, 0.2) is 20.4 Å². The first-order valence-electron chi connectivity index (χ1n) is 8.19. The second-order valence-corrected chi connectivity index (χ2v) is 13.3. The predicted octanol–water partition coefficient (Wildman–Crippen LogP) is 2.35. The van der Waals surface area contributed by atoms with Crippen LogP contribution in [0.4, 0.5) is 0 Å². The number of carboxylic acids is 1. The Kier molecular flexibility index (Phi) is 4.98. The zero-order valence-corrected chi connectivity index (χ0v) is 16.8. The molecule has 0 aromatic rings. The van der Waals surface area contributed by atoms with Crippen molar-refractivity contribution in [2.75, 3.05) is 13.7 Å². The van der Waals surface area contributed by atoms with Gasteiger partial charge in [-0.15, -0.1) is 0 Å². The van der Waals surface area contributed by atoms with Crippen molar-refractivity contribution >= 4 is 14.3 Å². The van der Waals surface area contributed by atoms with E-state index in [1.807, 2.05) is 0 Å². The van der Waals surface area contributed by atoms with Gasteiger partial charge in [0.1, 0.15) is 12.2 Å². The average molecular weight is 362 g/mol. The van der Waals surface area contributed by atoms with Crippen molar-refractivity contribution in [2.45, 2.75) is 82.6 Å². The summed E-state index contributed by atoms with van der Waals surface area (Å²) in [6.07, 6.45) is -2.21. The van der Waals surface area contributed by atoms with Gasteiger partial charge in [-0.2, -0.15) is 0 Å². The Hall–Kier alpha value is -0.513. The molecule has 2 fully saturated rings. The fourth-order valence-electron chi connectivity index (χ4n) is 2.77. The Morgan fingerprint density at radius 3 is 2.25 bits per heavy atom. The van der Waals surface area contributed by atoms with E-state index in [4.69, 9.17) is 23.4 Å². The van der Waals surface area contributed by atoms with E-state index >= 15 is 0 Å². The molecule has 0 saturated carbocycles. The molecule has 0 aromatic carbocycles. The highest BCUT2D eigenvalue weighted by atomic mass is 28.4. The minimum absolute atomic E-state index is 0.0429. The van der Waals surface area contributed by atoms with Crippen LogP contribution in [-0.4, -0.2) is 63.0 Å². The van der Waals surface area contributed by atoms with Crippen LogP contribution in [0.15, 0.2) is 0 Å². The molecule has 0 spiro atoms. The quantitative estimate of drug-likeness (QED) is 0.752. The van der Waals surface area contributed by atoms with E-state index in [2.05, 4.69) is 33.9 Å². The number of rotatable bonds is 5. The summed E-state index contributed by atoms with van der Waals surface area (Å²) in [5.74, 6) is -1.97. The maximum Gasteiger partial charge on any atom is 0.341 e. The van der Waals surface area contributed by atoms with Crippen LogP contribution in [0.25, 0.3) is 0 Å². The van der Waals surface area contributed by atoms with Gasteiger partial charge in [-0.3, -0.25) is 0 Å². The topological polar surface area (TPSA) is 83.5 Å². The van der Waals surface area contributed by atoms with Crippen molar-refractivity contribution in [3.8, 4) is 0 Å². The van der Waals surface area contributed by atoms with E-state index in [9.17, 15) is 9.90 Å². The molecule has 1 N–H and O–H groups in total. The first-order chi connectivity index (χ1) is 10.8. The third-order valence-corrected chi connectivity index (χ3v) is 9.72. The summed E-state index contributed by atoms with van der Waals surface area (Å²) in [4.78, 5) is 12.1. The lowest BCUT2D eigenvalue weighted by atomic mass is 9.96. The number of carbonyl (C=O) groups is 1. The predicted molar refractivity (Wildman–Crippen MR) is 89.2 cm³/mol. The third kappa shape index (κ3) is 3.27. The molecule has 0 unspecified atom stereocenters. The summed E-state index contributed by atoms with van der Waals surface area (Å²) in [5, 5.41) is 9.83. The van der Waals surface area contributed by atoms with Crippen LogP contribution in [0.2, 0.25) is 18.1 Å². The first-order valence-corrected chi connectivity index (χ1v) is 11.1. The van der Waals surface area contributed by atoms with Gasteiger partial charge in [-0.05, 0) is 32.0 Å². The standard InChI is InChI=1S/C16H30O7Si/c1-14(2,3)24(7,8)20-9-16(13(17)18)11(19-6)10-12(23-16)22-15(4,5)21-10/h10-12H,9H2,1-8H3,(H,17,18)/t10-,11-,12+,16+/m1/s1. The average Bonchev–Trinajstić information content (AvgIpc) is 2.84. The fourth-order valence-corrected chi connectivity index (χ4v) is 3.78. The maximum absolute atomic E-state index is 12.1. The lowest BCUT2D eigenvalue weighted by molar-refractivity contribution is -0.249. The van der Waals surface area contributed by atoms with E-state index in [1.54, 1.807) is 13.8 Å². The van der Waals surface area contributed by atoms with E-state index in [1.165, 1.54) is 7.11 Å². The zero-order valence-electron chi connectivity index (χ0n) is 15.8. The third-order valence-electron chi connectivity index (χ3n) is 5.24. The van der Waals surface area contributed by atoms with Gasteiger partial charge in [0, 0.05) is 7.11 Å². The molecule has 0 bridgehead atoms. The van der Waals surface area contributed by atoms with Gasteiger partial charge >= 0.3 is 5.97 Å². The highest BCUT2D eigenvalue weighted by Gasteiger charge is 2.66. The molecular weight excluding hydrogens is 332 g/mol. The van der Waals surface area contributed by atoms with Crippen molar-refractivity contribution in [1.82, 2.24) is 0 Å². The Bertz CT molecular complexity index is 499. The molecule has 2 heterocycles. The molecule has 0 radical (unpaired) electrons. The SMILES string of the molecule is CO[C@@H]1[C@H]2OC(C)(C)O[C@H]2O[C@]1(CO[Si](C)(C)C(C)(C)C)C(=O)O. The molecule has 0 aliphatic carbocycles. The van der Waals surface area contributed by atoms with E-state index in [0.717, 1.165) is 0 Å². The summed E-state index contributed by atoms with van der Waals surface area (Å²) in [5.41, 5.74) is -1.64. The molecule has 7 nitrogen and oxygen atoms in total. The van der Waals surface area contributed by atoms with Crippen molar-refractivity contribution in [1.29, 1.82) is 0 Å². The van der Waals surface area contributed by atoms with E-state index in [0.29, 0.717) is 0 Å². The highest BCUT2D eigenvalue weighted by Crippen LogP contribution is 2.45. The lowest BCUT2D eigenvalue weighted by Crippen LogP contribution is -2.57. The normalized spacial score (nSPS) is 35.9. The van der Waals surface area contributed by atoms with Crippen molar-refractivity contribution in [3.63, 3.8) is 0 Å². The van der Waals surface area contributed by atoms with Gasteiger partial charge in [0.2, 0.25) is 5.60 Å². The minimum atomic E-state index is -2.15. The molecule has 24 heavy (non-hydrogen) atoms. The van der Waals surface area contributed by atoms with Crippen LogP contribution in [-0.2, 0) is 28.2 Å². The number of fused-ring (bicyclic) bond motifs is 1. The van der Waals surface area contributed by atoms with Crippen molar-refractivity contribution < 1.29 is 33.3 Å². The van der Waals surface area contributed by atoms with Crippen LogP contribution < -0.4 is 0 Å². The second kappa shape index (κ2) is 6.03. The first kappa shape index (κ1) is 19.8. The Morgan fingerprint density at radius 1 is 1.21 bits per heavy atom. The molecule has 2 aliphatic heterocycles. The molecule has 2 aliphatic rings. The zero-order chi connectivity index (χ0) is 18.6. The van der Waals surface area contributed by atoms with Gasteiger partial charge in [0.25, 0.3) is 0 Å². The van der Waals surface area contributed by atoms with Crippen LogP contribution >= 0.6 is 0 Å². The number of hydrogen-bond donors (Lipinski definition) is 1. The van der Waals surface area contributed by atoms with E-state index < -0.39 is 44.2 Å². The number of carboxylic acid groups (broad SMARTS) is 1. The molecule has 140 valence electrons. The number of ether oxygens (including phenoxy) is 4. The van der Waals surface area contributed by atoms with Crippen molar-refractivity contribution in [2.24, 2.45) is 0 Å². The Morgan fingerprint density at radius 2 is 1.79 bits per heavy atom. The maximum atomic E-state index is 12.1. The summed E-state index contributed by atoms with van der Waals surface area (Å²) in [6.45, 7) is 13.8. The molecule has 4 atom stereocenters. The van der Waals surface area contributed by atoms with Crippen LogP contribution in [0.5, 0.6) is 0 Å². The monoisotopic (exact) mass is 362 g/mol. The number of aliphatic carboxylic acids is 1. The Balaban J connectivity index is 2.25. The summed E-state index contributed by atoms with van der Waals surface area (Å²) < 4.78 is 28.9. The smallest absolute Gasteiger partial charge is 0.341 e. The van der Waals surface area contributed by atoms with Crippen LogP contribution in [0, 0.1) is 0 Å². The summed E-state index contributed by atoms with van der Waals surface area (Å²) >= 11 is 0.